The van der Waals surface area contributed by atoms with Crippen molar-refractivity contribution in [3.8, 4) is 0 Å². The molecule has 0 aromatic heterocycles. The summed E-state index contributed by atoms with van der Waals surface area (Å²) in [5, 5.41) is 3.06. The number of amides is 1. The molecule has 2 aliphatic heterocycles. The van der Waals surface area contributed by atoms with Gasteiger partial charge in [0.2, 0.25) is 5.91 Å². The summed E-state index contributed by atoms with van der Waals surface area (Å²) in [6.07, 6.45) is 5.91. The molecule has 0 bridgehead atoms. The molecular formula is C8H8N2O. The summed E-state index contributed by atoms with van der Waals surface area (Å²) >= 11 is 0. The monoisotopic (exact) mass is 148 g/mol. The lowest BCUT2D eigenvalue weighted by molar-refractivity contribution is -0.117. The van der Waals surface area contributed by atoms with E-state index in [1.54, 1.807) is 6.21 Å². The maximum atomic E-state index is 10.8. The number of rotatable bonds is 0. The third-order valence-corrected chi connectivity index (χ3v) is 1.81. The van der Waals surface area contributed by atoms with Crippen molar-refractivity contribution in [2.45, 2.75) is 6.42 Å². The van der Waals surface area contributed by atoms with E-state index in [2.05, 4.69) is 10.3 Å². The molecule has 1 amide bonds. The van der Waals surface area contributed by atoms with Gasteiger partial charge in [-0.05, 0) is 23.4 Å². The average molecular weight is 148 g/mol. The number of aliphatic imine (C=N–C) groups is 1. The van der Waals surface area contributed by atoms with E-state index in [9.17, 15) is 4.79 Å². The van der Waals surface area contributed by atoms with Crippen LogP contribution in [-0.4, -0.2) is 18.7 Å². The molecule has 0 fully saturated rings. The molecule has 0 unspecified atom stereocenters. The second kappa shape index (κ2) is 2.34. The lowest BCUT2D eigenvalue weighted by atomic mass is 10.0. The number of carbonyl (C=O) groups excluding carboxylic acids is 1. The van der Waals surface area contributed by atoms with Gasteiger partial charge in [-0.2, -0.15) is 0 Å². The SMILES string of the molecule is O=C1CC2=C(C=N1)CNC=C2. The number of allylic oxidation sites excluding steroid dienone is 1. The van der Waals surface area contributed by atoms with Gasteiger partial charge in [-0.1, -0.05) is 0 Å². The molecule has 0 aromatic rings. The minimum absolute atomic E-state index is 0.0460. The number of nitrogens with one attached hydrogen (secondary N) is 1. The van der Waals surface area contributed by atoms with E-state index in [4.69, 9.17) is 0 Å². The smallest absolute Gasteiger partial charge is 0.250 e. The van der Waals surface area contributed by atoms with Gasteiger partial charge in [0.1, 0.15) is 0 Å². The number of dihydropyridines is 2. The van der Waals surface area contributed by atoms with Crippen molar-refractivity contribution in [2.24, 2.45) is 4.99 Å². The number of carbonyl (C=O) groups is 1. The summed E-state index contributed by atoms with van der Waals surface area (Å²) < 4.78 is 0. The van der Waals surface area contributed by atoms with Gasteiger partial charge in [-0.3, -0.25) is 4.79 Å². The number of hydrogen-bond donors (Lipinski definition) is 1. The fourth-order valence-corrected chi connectivity index (χ4v) is 1.21. The van der Waals surface area contributed by atoms with Crippen LogP contribution in [0.25, 0.3) is 0 Å². The van der Waals surface area contributed by atoms with Gasteiger partial charge < -0.3 is 5.32 Å². The number of hydrogen-bond acceptors (Lipinski definition) is 2. The van der Waals surface area contributed by atoms with Crippen LogP contribution in [0.2, 0.25) is 0 Å². The summed E-state index contributed by atoms with van der Waals surface area (Å²) in [6, 6.07) is 0. The third-order valence-electron chi connectivity index (χ3n) is 1.81. The van der Waals surface area contributed by atoms with Crippen molar-refractivity contribution in [3.63, 3.8) is 0 Å². The zero-order chi connectivity index (χ0) is 7.68. The van der Waals surface area contributed by atoms with Gasteiger partial charge in [-0.25, -0.2) is 4.99 Å². The van der Waals surface area contributed by atoms with Crippen LogP contribution in [0.4, 0.5) is 0 Å². The summed E-state index contributed by atoms with van der Waals surface area (Å²) in [7, 11) is 0. The topological polar surface area (TPSA) is 41.5 Å². The molecule has 2 aliphatic rings. The number of nitrogens with zero attached hydrogens (tertiary/aromatic N) is 1. The van der Waals surface area contributed by atoms with E-state index in [1.807, 2.05) is 12.3 Å². The summed E-state index contributed by atoms with van der Waals surface area (Å²) in [6.45, 7) is 0.794. The molecule has 3 nitrogen and oxygen atoms in total. The van der Waals surface area contributed by atoms with Gasteiger partial charge in [0.15, 0.2) is 0 Å². The highest BCUT2D eigenvalue weighted by atomic mass is 16.1. The Bertz CT molecular complexity index is 286. The molecule has 0 aromatic carbocycles. The average Bonchev–Trinajstić information content (AvgIpc) is 2.04. The Labute approximate surface area is 64.5 Å². The van der Waals surface area contributed by atoms with Crippen LogP contribution < -0.4 is 5.32 Å². The molecule has 0 aliphatic carbocycles. The Morgan fingerprint density at radius 1 is 1.45 bits per heavy atom. The highest BCUT2D eigenvalue weighted by molar-refractivity contribution is 5.98. The fourth-order valence-electron chi connectivity index (χ4n) is 1.21. The lowest BCUT2D eigenvalue weighted by Gasteiger charge is -2.15. The predicted octanol–water partition coefficient (Wildman–Crippen LogP) is 0.401. The Hall–Kier alpha value is -1.38. The lowest BCUT2D eigenvalue weighted by Crippen LogP contribution is -2.20. The van der Waals surface area contributed by atoms with Crippen molar-refractivity contribution in [1.82, 2.24) is 5.32 Å². The molecular weight excluding hydrogens is 140 g/mol. The molecule has 2 rings (SSSR count). The summed E-state index contributed by atoms with van der Waals surface area (Å²) in [4.78, 5) is 14.6. The van der Waals surface area contributed by atoms with Gasteiger partial charge in [0.25, 0.3) is 0 Å². The molecule has 11 heavy (non-hydrogen) atoms. The van der Waals surface area contributed by atoms with Crippen molar-refractivity contribution >= 4 is 12.1 Å². The Balaban J connectivity index is 2.34. The van der Waals surface area contributed by atoms with Crippen LogP contribution in [0.15, 0.2) is 28.4 Å². The minimum Gasteiger partial charge on any atom is -0.387 e. The second-order valence-corrected chi connectivity index (χ2v) is 2.59. The largest absolute Gasteiger partial charge is 0.387 e. The van der Waals surface area contributed by atoms with Crippen LogP contribution >= 0.6 is 0 Å². The van der Waals surface area contributed by atoms with Crippen LogP contribution in [0.1, 0.15) is 6.42 Å². The first-order valence-electron chi connectivity index (χ1n) is 3.55. The second-order valence-electron chi connectivity index (χ2n) is 2.59. The third kappa shape index (κ3) is 1.09. The molecule has 0 spiro atoms. The quantitative estimate of drug-likeness (QED) is 0.540. The van der Waals surface area contributed by atoms with E-state index < -0.39 is 0 Å². The van der Waals surface area contributed by atoms with Crippen LogP contribution in [0.3, 0.4) is 0 Å². The molecule has 3 heteroatoms. The molecule has 0 atom stereocenters. The normalized spacial score (nSPS) is 21.6. The fraction of sp³-hybridized carbons (Fsp3) is 0.250. The van der Waals surface area contributed by atoms with Crippen molar-refractivity contribution < 1.29 is 4.79 Å². The van der Waals surface area contributed by atoms with Crippen molar-refractivity contribution in [1.29, 1.82) is 0 Å². The summed E-state index contributed by atoms with van der Waals surface area (Å²) in [5.74, 6) is -0.0460. The molecule has 56 valence electrons. The molecule has 0 saturated heterocycles. The van der Waals surface area contributed by atoms with Crippen LogP contribution in [-0.2, 0) is 4.79 Å². The maximum Gasteiger partial charge on any atom is 0.250 e. The Kier molecular flexibility index (Phi) is 1.35. The first kappa shape index (κ1) is 6.34. The van der Waals surface area contributed by atoms with E-state index in [-0.39, 0.29) is 5.91 Å². The first-order valence-corrected chi connectivity index (χ1v) is 3.55. The van der Waals surface area contributed by atoms with Gasteiger partial charge >= 0.3 is 0 Å². The zero-order valence-corrected chi connectivity index (χ0v) is 6.00. The van der Waals surface area contributed by atoms with E-state index >= 15 is 0 Å². The van der Waals surface area contributed by atoms with E-state index in [1.165, 1.54) is 0 Å². The van der Waals surface area contributed by atoms with E-state index in [0.717, 1.165) is 17.7 Å². The van der Waals surface area contributed by atoms with Crippen molar-refractivity contribution in [3.05, 3.63) is 23.4 Å². The van der Waals surface area contributed by atoms with Gasteiger partial charge in [0.05, 0.1) is 6.42 Å². The molecule has 0 radical (unpaired) electrons. The zero-order valence-electron chi connectivity index (χ0n) is 6.00. The summed E-state index contributed by atoms with van der Waals surface area (Å²) in [5.41, 5.74) is 2.23. The minimum atomic E-state index is -0.0460. The maximum absolute atomic E-state index is 10.8. The van der Waals surface area contributed by atoms with Crippen molar-refractivity contribution in [2.75, 3.05) is 6.54 Å². The molecule has 0 saturated carbocycles. The molecule has 2 heterocycles. The van der Waals surface area contributed by atoms with E-state index in [0.29, 0.717) is 6.42 Å². The van der Waals surface area contributed by atoms with Gasteiger partial charge in [-0.15, -0.1) is 0 Å². The Morgan fingerprint density at radius 2 is 2.36 bits per heavy atom. The van der Waals surface area contributed by atoms with Crippen LogP contribution in [0.5, 0.6) is 0 Å². The highest BCUT2D eigenvalue weighted by Crippen LogP contribution is 2.16. The standard InChI is InChI=1S/C8H8N2O/c11-8-3-6-1-2-9-4-7(6)5-10-8/h1-2,5,9H,3-4H2. The van der Waals surface area contributed by atoms with Gasteiger partial charge in [0, 0.05) is 12.8 Å². The molecule has 1 N–H and O–H groups in total. The predicted molar refractivity (Wildman–Crippen MR) is 42.3 cm³/mol. The highest BCUT2D eigenvalue weighted by Gasteiger charge is 2.13. The first-order chi connectivity index (χ1) is 5.36. The Morgan fingerprint density at radius 3 is 3.27 bits per heavy atom. The van der Waals surface area contributed by atoms with Crippen LogP contribution in [0, 0.1) is 0 Å².